The van der Waals surface area contributed by atoms with Gasteiger partial charge in [-0.1, -0.05) is 23.4 Å². The Balaban J connectivity index is 1.82. The van der Waals surface area contributed by atoms with Crippen molar-refractivity contribution in [3.63, 3.8) is 0 Å². The zero-order chi connectivity index (χ0) is 15.4. The van der Waals surface area contributed by atoms with Gasteiger partial charge in [0.1, 0.15) is 6.04 Å². The standard InChI is InChI=1S/C15H18N4O3/c1-2-16-15(20)19-8-9-21-10-12(19)13-17-14(22-18-13)11-6-4-3-5-7-11/h3-7,12H,2,8-10H2,1H3,(H,16,20). The highest BCUT2D eigenvalue weighted by Crippen LogP contribution is 2.24. The van der Waals surface area contributed by atoms with Gasteiger partial charge < -0.3 is 19.5 Å². The quantitative estimate of drug-likeness (QED) is 0.935. The van der Waals surface area contributed by atoms with Crippen molar-refractivity contribution < 1.29 is 14.1 Å². The van der Waals surface area contributed by atoms with E-state index >= 15 is 0 Å². The Morgan fingerprint density at radius 3 is 3.00 bits per heavy atom. The molecule has 1 unspecified atom stereocenters. The minimum Gasteiger partial charge on any atom is -0.377 e. The van der Waals surface area contributed by atoms with Crippen molar-refractivity contribution >= 4 is 6.03 Å². The van der Waals surface area contributed by atoms with Crippen LogP contribution in [0.25, 0.3) is 11.5 Å². The van der Waals surface area contributed by atoms with Gasteiger partial charge in [-0.25, -0.2) is 4.79 Å². The molecule has 0 bridgehead atoms. The van der Waals surface area contributed by atoms with Crippen LogP contribution in [0.3, 0.4) is 0 Å². The lowest BCUT2D eigenvalue weighted by Gasteiger charge is -2.33. The van der Waals surface area contributed by atoms with Gasteiger partial charge in [-0.05, 0) is 19.1 Å². The van der Waals surface area contributed by atoms with Crippen LogP contribution in [0, 0.1) is 0 Å². The van der Waals surface area contributed by atoms with E-state index in [1.807, 2.05) is 37.3 Å². The van der Waals surface area contributed by atoms with Gasteiger partial charge in [-0.3, -0.25) is 0 Å². The summed E-state index contributed by atoms with van der Waals surface area (Å²) < 4.78 is 10.8. The van der Waals surface area contributed by atoms with E-state index in [0.717, 1.165) is 5.56 Å². The Labute approximate surface area is 128 Å². The maximum Gasteiger partial charge on any atom is 0.318 e. The molecule has 2 heterocycles. The van der Waals surface area contributed by atoms with Crippen molar-refractivity contribution in [1.82, 2.24) is 20.4 Å². The zero-order valence-corrected chi connectivity index (χ0v) is 12.4. The summed E-state index contributed by atoms with van der Waals surface area (Å²) in [5.74, 6) is 0.904. The summed E-state index contributed by atoms with van der Waals surface area (Å²) in [4.78, 5) is 18.2. The van der Waals surface area contributed by atoms with Gasteiger partial charge in [0.25, 0.3) is 5.89 Å². The second-order valence-corrected chi connectivity index (χ2v) is 4.94. The minimum atomic E-state index is -0.332. The molecule has 116 valence electrons. The Morgan fingerprint density at radius 2 is 2.23 bits per heavy atom. The number of carbonyl (C=O) groups is 1. The largest absolute Gasteiger partial charge is 0.377 e. The number of hydrogen-bond donors (Lipinski definition) is 1. The lowest BCUT2D eigenvalue weighted by Crippen LogP contribution is -2.48. The number of amides is 2. The van der Waals surface area contributed by atoms with Gasteiger partial charge >= 0.3 is 6.03 Å². The van der Waals surface area contributed by atoms with Crippen LogP contribution >= 0.6 is 0 Å². The predicted octanol–water partition coefficient (Wildman–Crippen LogP) is 1.84. The summed E-state index contributed by atoms with van der Waals surface area (Å²) >= 11 is 0. The van der Waals surface area contributed by atoms with Crippen LogP contribution in [-0.2, 0) is 4.74 Å². The molecule has 1 atom stereocenters. The number of rotatable bonds is 3. The Hall–Kier alpha value is -2.41. The van der Waals surface area contributed by atoms with Crippen LogP contribution in [0.2, 0.25) is 0 Å². The molecule has 0 saturated carbocycles. The molecule has 2 amide bonds. The summed E-state index contributed by atoms with van der Waals surface area (Å²) in [6, 6.07) is 9.07. The molecule has 2 aromatic rings. The summed E-state index contributed by atoms with van der Waals surface area (Å²) in [6.45, 7) is 3.84. The van der Waals surface area contributed by atoms with Crippen molar-refractivity contribution in [2.45, 2.75) is 13.0 Å². The van der Waals surface area contributed by atoms with Crippen molar-refractivity contribution in [3.05, 3.63) is 36.2 Å². The summed E-state index contributed by atoms with van der Waals surface area (Å²) in [7, 11) is 0. The van der Waals surface area contributed by atoms with Gasteiger partial charge in [0.2, 0.25) is 0 Å². The summed E-state index contributed by atoms with van der Waals surface area (Å²) in [5.41, 5.74) is 0.850. The Bertz CT molecular complexity index is 629. The summed E-state index contributed by atoms with van der Waals surface area (Å²) in [5, 5.41) is 6.82. The molecule has 22 heavy (non-hydrogen) atoms. The van der Waals surface area contributed by atoms with Gasteiger partial charge in [-0.2, -0.15) is 4.98 Å². The molecule has 1 fully saturated rings. The molecule has 1 aliphatic rings. The van der Waals surface area contributed by atoms with E-state index in [1.165, 1.54) is 0 Å². The molecule has 7 nitrogen and oxygen atoms in total. The average molecular weight is 302 g/mol. The number of benzene rings is 1. The molecule has 0 radical (unpaired) electrons. The van der Waals surface area contributed by atoms with E-state index < -0.39 is 0 Å². The third-order valence-electron chi connectivity index (χ3n) is 3.48. The van der Waals surface area contributed by atoms with Crippen molar-refractivity contribution in [3.8, 4) is 11.5 Å². The second kappa shape index (κ2) is 6.57. The number of carbonyl (C=O) groups excluding carboxylic acids is 1. The van der Waals surface area contributed by atoms with Crippen LogP contribution in [0.5, 0.6) is 0 Å². The lowest BCUT2D eigenvalue weighted by atomic mass is 10.2. The number of aromatic nitrogens is 2. The highest BCUT2D eigenvalue weighted by molar-refractivity contribution is 5.74. The maximum atomic E-state index is 12.1. The SMILES string of the molecule is CCNC(=O)N1CCOCC1c1noc(-c2ccccc2)n1. The van der Waals surface area contributed by atoms with Crippen molar-refractivity contribution in [2.24, 2.45) is 0 Å². The van der Waals surface area contributed by atoms with E-state index in [4.69, 9.17) is 9.26 Å². The molecule has 1 aromatic carbocycles. The molecule has 1 aliphatic heterocycles. The normalized spacial score (nSPS) is 18.2. The lowest BCUT2D eigenvalue weighted by molar-refractivity contribution is 0.00803. The minimum absolute atomic E-state index is 0.137. The third kappa shape index (κ3) is 2.94. The van der Waals surface area contributed by atoms with Gasteiger partial charge in [-0.15, -0.1) is 0 Å². The fourth-order valence-electron chi connectivity index (χ4n) is 2.38. The smallest absolute Gasteiger partial charge is 0.318 e. The highest BCUT2D eigenvalue weighted by Gasteiger charge is 2.32. The third-order valence-corrected chi connectivity index (χ3v) is 3.48. The van der Waals surface area contributed by atoms with Crippen LogP contribution in [-0.4, -0.2) is 47.4 Å². The highest BCUT2D eigenvalue weighted by atomic mass is 16.5. The van der Waals surface area contributed by atoms with Gasteiger partial charge in [0, 0.05) is 18.7 Å². The first-order chi connectivity index (χ1) is 10.8. The first-order valence-corrected chi connectivity index (χ1v) is 7.31. The van der Waals surface area contributed by atoms with Gasteiger partial charge in [0.05, 0.1) is 13.2 Å². The Morgan fingerprint density at radius 1 is 1.41 bits per heavy atom. The van der Waals surface area contributed by atoms with E-state index in [0.29, 0.717) is 38.0 Å². The van der Waals surface area contributed by atoms with E-state index in [9.17, 15) is 4.79 Å². The van der Waals surface area contributed by atoms with Crippen molar-refractivity contribution in [2.75, 3.05) is 26.3 Å². The zero-order valence-electron chi connectivity index (χ0n) is 12.4. The number of hydrogen-bond acceptors (Lipinski definition) is 5. The molecule has 3 rings (SSSR count). The molecule has 1 N–H and O–H groups in total. The molecule has 0 aliphatic carbocycles. The van der Waals surface area contributed by atoms with E-state index in [-0.39, 0.29) is 12.1 Å². The maximum absolute atomic E-state index is 12.1. The monoisotopic (exact) mass is 302 g/mol. The van der Waals surface area contributed by atoms with E-state index in [2.05, 4.69) is 15.5 Å². The molecule has 1 saturated heterocycles. The topological polar surface area (TPSA) is 80.5 Å². The molecule has 0 spiro atoms. The van der Waals surface area contributed by atoms with Crippen LogP contribution < -0.4 is 5.32 Å². The fraction of sp³-hybridized carbons (Fsp3) is 0.400. The number of morpholine rings is 1. The molecular weight excluding hydrogens is 284 g/mol. The number of ether oxygens (including phenoxy) is 1. The number of nitrogens with one attached hydrogen (secondary N) is 1. The number of nitrogens with zero attached hydrogens (tertiary/aromatic N) is 3. The molecule has 7 heteroatoms. The van der Waals surface area contributed by atoms with Crippen LogP contribution in [0.1, 0.15) is 18.8 Å². The Kier molecular flexibility index (Phi) is 4.34. The van der Waals surface area contributed by atoms with E-state index in [1.54, 1.807) is 4.90 Å². The van der Waals surface area contributed by atoms with Gasteiger partial charge in [0.15, 0.2) is 5.82 Å². The molecule has 1 aromatic heterocycles. The number of urea groups is 1. The van der Waals surface area contributed by atoms with Crippen LogP contribution in [0.15, 0.2) is 34.9 Å². The summed E-state index contributed by atoms with van der Waals surface area (Å²) in [6.07, 6.45) is 0. The van der Waals surface area contributed by atoms with Crippen LogP contribution in [0.4, 0.5) is 4.79 Å². The van der Waals surface area contributed by atoms with Crippen molar-refractivity contribution in [1.29, 1.82) is 0 Å². The molecular formula is C15H18N4O3. The predicted molar refractivity (Wildman–Crippen MR) is 79.1 cm³/mol. The first-order valence-electron chi connectivity index (χ1n) is 7.31. The fourth-order valence-corrected chi connectivity index (χ4v) is 2.38. The average Bonchev–Trinajstić information content (AvgIpc) is 3.06. The second-order valence-electron chi connectivity index (χ2n) is 4.94. The first kappa shape index (κ1) is 14.5.